The Balaban J connectivity index is 1.30. The van der Waals surface area contributed by atoms with E-state index >= 15 is 0 Å². The van der Waals surface area contributed by atoms with Crippen LogP contribution in [0.5, 0.6) is 17.4 Å². The molecule has 1 unspecified atom stereocenters. The van der Waals surface area contributed by atoms with Gasteiger partial charge in [-0.1, -0.05) is 11.3 Å². The number of fused-ring (bicyclic) bond motifs is 3. The number of pyridine rings is 1. The normalized spacial score (nSPS) is 18.1. The monoisotopic (exact) mass is 593 g/mol. The molecule has 2 aromatic carbocycles. The third kappa shape index (κ3) is 5.06. The van der Waals surface area contributed by atoms with Crippen molar-refractivity contribution in [2.45, 2.75) is 23.7 Å². The zero-order valence-electron chi connectivity index (χ0n) is 22.6. The van der Waals surface area contributed by atoms with Gasteiger partial charge in [0.15, 0.2) is 15.0 Å². The molecule has 1 atom stereocenters. The molecule has 0 aliphatic carbocycles. The maximum absolute atomic E-state index is 13.6. The van der Waals surface area contributed by atoms with Gasteiger partial charge in [0.2, 0.25) is 11.8 Å². The summed E-state index contributed by atoms with van der Waals surface area (Å²) in [5.41, 5.74) is 1.84. The molecule has 1 saturated heterocycles. The van der Waals surface area contributed by atoms with Crippen molar-refractivity contribution in [2.24, 2.45) is 0 Å². The molecule has 6 rings (SSSR count). The number of hydrogen-bond donors (Lipinski definition) is 1. The summed E-state index contributed by atoms with van der Waals surface area (Å²) < 4.78 is 34.9. The predicted octanol–water partition coefficient (Wildman–Crippen LogP) is 4.44. The predicted molar refractivity (Wildman–Crippen MR) is 155 cm³/mol. The number of urea groups is 1. The van der Waals surface area contributed by atoms with Gasteiger partial charge in [0, 0.05) is 50.0 Å². The van der Waals surface area contributed by atoms with Crippen LogP contribution in [0.15, 0.2) is 59.5 Å². The second-order valence-corrected chi connectivity index (χ2v) is 13.2. The van der Waals surface area contributed by atoms with Crippen LogP contribution in [0.2, 0.25) is 0 Å². The molecule has 4 aromatic rings. The molecule has 1 spiro atoms. The third-order valence-electron chi connectivity index (χ3n) is 7.48. The van der Waals surface area contributed by atoms with Crippen molar-refractivity contribution in [3.8, 4) is 17.4 Å². The lowest BCUT2D eigenvalue weighted by molar-refractivity contribution is -0.127. The molecule has 2 aromatic heterocycles. The van der Waals surface area contributed by atoms with Crippen molar-refractivity contribution in [1.29, 1.82) is 0 Å². The molecule has 11 nitrogen and oxygen atoms in total. The number of amides is 3. The molecule has 2 aliphatic heterocycles. The van der Waals surface area contributed by atoms with Crippen LogP contribution in [-0.4, -0.2) is 68.2 Å². The Kier molecular flexibility index (Phi) is 6.57. The van der Waals surface area contributed by atoms with E-state index in [9.17, 15) is 18.0 Å². The number of sulfone groups is 1. The van der Waals surface area contributed by atoms with Gasteiger partial charge in [-0.3, -0.25) is 15.0 Å². The molecule has 1 fully saturated rings. The second-order valence-electron chi connectivity index (χ2n) is 10.2. The average molecular weight is 594 g/mol. The number of anilines is 2. The van der Waals surface area contributed by atoms with Gasteiger partial charge in [0.1, 0.15) is 21.8 Å². The highest BCUT2D eigenvalue weighted by Gasteiger charge is 2.49. The molecule has 13 heteroatoms. The Morgan fingerprint density at radius 1 is 1.02 bits per heavy atom. The van der Waals surface area contributed by atoms with Gasteiger partial charge in [-0.05, 0) is 60.5 Å². The molecular formula is C28H27N5O6S2. The first-order valence-corrected chi connectivity index (χ1v) is 15.5. The smallest absolute Gasteiger partial charge is 0.328 e. The number of hydrogen-bond acceptors (Lipinski definition) is 9. The molecular weight excluding hydrogens is 566 g/mol. The van der Waals surface area contributed by atoms with Gasteiger partial charge in [0.25, 0.3) is 0 Å². The first-order valence-electron chi connectivity index (χ1n) is 12.8. The van der Waals surface area contributed by atoms with Crippen molar-refractivity contribution < 1.29 is 27.5 Å². The van der Waals surface area contributed by atoms with Crippen molar-refractivity contribution >= 4 is 54.3 Å². The molecule has 4 heterocycles. The minimum atomic E-state index is -3.32. The summed E-state index contributed by atoms with van der Waals surface area (Å²) in [6, 6.07) is 14.9. The van der Waals surface area contributed by atoms with Crippen LogP contribution in [0, 0.1) is 0 Å². The highest BCUT2D eigenvalue weighted by Crippen LogP contribution is 2.48. The number of methoxy groups -OCH3 is 1. The summed E-state index contributed by atoms with van der Waals surface area (Å²) in [5, 5.41) is 3.34. The largest absolute Gasteiger partial charge is 0.481 e. The van der Waals surface area contributed by atoms with Crippen LogP contribution in [0.25, 0.3) is 10.3 Å². The minimum Gasteiger partial charge on any atom is -0.481 e. The van der Waals surface area contributed by atoms with Crippen molar-refractivity contribution in [3.63, 3.8) is 0 Å². The molecule has 0 radical (unpaired) electrons. The molecule has 0 saturated carbocycles. The molecule has 212 valence electrons. The maximum atomic E-state index is 13.6. The van der Waals surface area contributed by atoms with Crippen LogP contribution in [0.1, 0.15) is 18.9 Å². The van der Waals surface area contributed by atoms with Crippen molar-refractivity contribution in [1.82, 2.24) is 14.9 Å². The average Bonchev–Trinajstić information content (AvgIpc) is 3.64. The number of likely N-dealkylation sites (tertiary alicyclic amines) is 1. The number of aromatic nitrogens is 2. The maximum Gasteiger partial charge on any atom is 0.328 e. The summed E-state index contributed by atoms with van der Waals surface area (Å²) in [4.78, 5) is 39.1. The quantitative estimate of drug-likeness (QED) is 0.360. The van der Waals surface area contributed by atoms with Gasteiger partial charge in [-0.25, -0.2) is 23.2 Å². The Hall–Kier alpha value is -4.23. The summed E-state index contributed by atoms with van der Waals surface area (Å²) in [5.74, 6) is 1.49. The number of thiazole rings is 1. The van der Waals surface area contributed by atoms with E-state index in [1.54, 1.807) is 54.2 Å². The number of benzene rings is 2. The number of nitrogens with one attached hydrogen (secondary N) is 1. The Morgan fingerprint density at radius 2 is 1.78 bits per heavy atom. The number of carbonyl (C=O) groups excluding carboxylic acids is 2. The Bertz CT molecular complexity index is 1790. The fourth-order valence-electron chi connectivity index (χ4n) is 5.40. The van der Waals surface area contributed by atoms with E-state index in [1.807, 2.05) is 12.1 Å². The van der Waals surface area contributed by atoms with Gasteiger partial charge in [-0.15, -0.1) is 0 Å². The van der Waals surface area contributed by atoms with Crippen molar-refractivity contribution in [3.05, 3.63) is 60.2 Å². The van der Waals surface area contributed by atoms with Gasteiger partial charge < -0.3 is 14.4 Å². The summed E-state index contributed by atoms with van der Waals surface area (Å²) in [6.07, 6.45) is 1.85. The fourth-order valence-corrected chi connectivity index (χ4v) is 6.85. The number of ether oxygens (including phenoxy) is 2. The Labute approximate surface area is 240 Å². The number of nitrogens with zero attached hydrogens (tertiary/aromatic N) is 4. The van der Waals surface area contributed by atoms with E-state index in [0.717, 1.165) is 17.5 Å². The van der Waals surface area contributed by atoms with Crippen LogP contribution in [0.3, 0.4) is 0 Å². The molecule has 2 aliphatic rings. The van der Waals surface area contributed by atoms with Gasteiger partial charge in [0.05, 0.1) is 12.0 Å². The lowest BCUT2D eigenvalue weighted by atomic mass is 9.81. The highest BCUT2D eigenvalue weighted by atomic mass is 32.2. The van der Waals surface area contributed by atoms with Gasteiger partial charge >= 0.3 is 6.03 Å². The number of rotatable bonds is 5. The summed E-state index contributed by atoms with van der Waals surface area (Å²) in [7, 11) is -1.78. The van der Waals surface area contributed by atoms with E-state index in [4.69, 9.17) is 9.47 Å². The van der Waals surface area contributed by atoms with Crippen LogP contribution in [0.4, 0.5) is 15.6 Å². The fraction of sp³-hybridized carbons (Fsp3) is 0.286. The van der Waals surface area contributed by atoms with E-state index < -0.39 is 15.3 Å². The van der Waals surface area contributed by atoms with E-state index in [2.05, 4.69) is 15.3 Å². The standard InChI is InChI=1S/C28H27N5O6S2/c1-17(34)32-13-12-28(15-32)16-33(27(35)31-26-29-22-9-11-24(38-2)30-25(22)40-26)23-10-6-19(14-21(23)28)39-18-4-7-20(8-5-18)41(3,36)37/h4-11,14H,12-13,15-16H2,1-3H3,(H,29,31,35). The summed E-state index contributed by atoms with van der Waals surface area (Å²) >= 11 is 1.26. The SMILES string of the molecule is COc1ccc2nc(NC(=O)N3CC4(CCN(C(C)=O)C4)c4cc(Oc5ccc(S(C)(=O)=O)cc5)ccc43)sc2n1. The van der Waals surface area contributed by atoms with E-state index in [1.165, 1.54) is 23.5 Å². The van der Waals surface area contributed by atoms with Crippen molar-refractivity contribution in [2.75, 3.05) is 43.2 Å². The lowest BCUT2D eigenvalue weighted by Gasteiger charge is -2.25. The van der Waals surface area contributed by atoms with E-state index in [0.29, 0.717) is 58.9 Å². The zero-order valence-corrected chi connectivity index (χ0v) is 24.2. The van der Waals surface area contributed by atoms with E-state index in [-0.39, 0.29) is 16.8 Å². The second kappa shape index (κ2) is 10.00. The number of carbonyl (C=O) groups is 2. The van der Waals surface area contributed by atoms with Crippen LogP contribution >= 0.6 is 11.3 Å². The summed E-state index contributed by atoms with van der Waals surface area (Å²) in [6.45, 7) is 3.01. The molecule has 41 heavy (non-hydrogen) atoms. The molecule has 3 amide bonds. The van der Waals surface area contributed by atoms with Gasteiger partial charge in [-0.2, -0.15) is 0 Å². The molecule has 1 N–H and O–H groups in total. The van der Waals surface area contributed by atoms with Crippen LogP contribution in [-0.2, 0) is 20.0 Å². The zero-order chi connectivity index (χ0) is 28.9. The van der Waals surface area contributed by atoms with Crippen LogP contribution < -0.4 is 19.7 Å². The third-order valence-corrected chi connectivity index (χ3v) is 9.48. The lowest BCUT2D eigenvalue weighted by Crippen LogP contribution is -2.41. The minimum absolute atomic E-state index is 0.0119. The topological polar surface area (TPSA) is 131 Å². The molecule has 0 bridgehead atoms. The first-order chi connectivity index (χ1) is 19.5. The Morgan fingerprint density at radius 3 is 2.46 bits per heavy atom. The first kappa shape index (κ1) is 27.0. The highest BCUT2D eigenvalue weighted by molar-refractivity contribution is 7.90.